The summed E-state index contributed by atoms with van der Waals surface area (Å²) in [5, 5.41) is 11.3. The van der Waals surface area contributed by atoms with E-state index in [1.807, 2.05) is 45.0 Å². The number of benzene rings is 1. The zero-order valence-electron chi connectivity index (χ0n) is 15.5. The smallest absolute Gasteiger partial charge is 0.293 e. The van der Waals surface area contributed by atoms with Crippen molar-refractivity contribution in [3.05, 3.63) is 52.6 Å². The molecule has 0 aliphatic heterocycles. The van der Waals surface area contributed by atoms with Crippen LogP contribution in [-0.4, -0.2) is 30.8 Å². The summed E-state index contributed by atoms with van der Waals surface area (Å²) in [6, 6.07) is 9.80. The zero-order chi connectivity index (χ0) is 18.9. The van der Waals surface area contributed by atoms with Crippen molar-refractivity contribution in [1.29, 1.82) is 0 Å². The molecule has 3 aromatic rings. The van der Waals surface area contributed by atoms with E-state index < -0.39 is 0 Å². The van der Waals surface area contributed by atoms with Gasteiger partial charge in [-0.3, -0.25) is 9.59 Å². The molecule has 7 heteroatoms. The Labute approximate surface area is 151 Å². The van der Waals surface area contributed by atoms with Crippen LogP contribution in [0.1, 0.15) is 33.3 Å². The van der Waals surface area contributed by atoms with Crippen molar-refractivity contribution in [2.45, 2.75) is 46.2 Å². The second-order valence-corrected chi connectivity index (χ2v) is 7.30. The number of carbonyl (C=O) groups excluding carboxylic acids is 1. The number of amides is 1. The van der Waals surface area contributed by atoms with Gasteiger partial charge in [-0.15, -0.1) is 0 Å². The largest absolute Gasteiger partial charge is 0.350 e. The standard InChI is InChI=1S/C19H23N5O2/c1-5-13-6-8-14(9-7-13)15-10-16-18(26)23(20-12-24(16)22-15)11-17(25)21-19(2,3)4/h6-10,12H,5,11H2,1-4H3,(H,21,25). The lowest BCUT2D eigenvalue weighted by Gasteiger charge is -2.20. The van der Waals surface area contributed by atoms with Crippen LogP contribution in [0.25, 0.3) is 16.8 Å². The number of nitrogens with zero attached hydrogens (tertiary/aromatic N) is 4. The molecule has 1 amide bonds. The summed E-state index contributed by atoms with van der Waals surface area (Å²) in [4.78, 5) is 24.7. The average Bonchev–Trinajstić information content (AvgIpc) is 3.01. The molecule has 0 saturated heterocycles. The first kappa shape index (κ1) is 17.8. The molecule has 136 valence electrons. The summed E-state index contributed by atoms with van der Waals surface area (Å²) in [5.74, 6) is -0.258. The van der Waals surface area contributed by atoms with Gasteiger partial charge in [0.1, 0.15) is 18.4 Å². The second-order valence-electron chi connectivity index (χ2n) is 7.30. The van der Waals surface area contributed by atoms with Crippen molar-refractivity contribution in [2.75, 3.05) is 0 Å². The predicted molar refractivity (Wildman–Crippen MR) is 100.0 cm³/mol. The van der Waals surface area contributed by atoms with Crippen LogP contribution in [-0.2, 0) is 17.8 Å². The monoisotopic (exact) mass is 353 g/mol. The molecule has 0 unspecified atom stereocenters. The van der Waals surface area contributed by atoms with Crippen LogP contribution in [0.5, 0.6) is 0 Å². The zero-order valence-corrected chi connectivity index (χ0v) is 15.5. The maximum Gasteiger partial charge on any atom is 0.293 e. The third kappa shape index (κ3) is 3.82. The second kappa shape index (κ2) is 6.74. The molecule has 7 nitrogen and oxygen atoms in total. The highest BCUT2D eigenvalue weighted by Gasteiger charge is 2.16. The molecule has 0 bridgehead atoms. The SMILES string of the molecule is CCc1ccc(-c2cc3c(=O)n(CC(=O)NC(C)(C)C)ncn3n2)cc1. The number of hydrogen-bond acceptors (Lipinski definition) is 4. The highest BCUT2D eigenvalue weighted by atomic mass is 16.2. The lowest BCUT2D eigenvalue weighted by atomic mass is 10.1. The lowest BCUT2D eigenvalue weighted by molar-refractivity contribution is -0.123. The molecule has 2 aromatic heterocycles. The van der Waals surface area contributed by atoms with E-state index in [1.54, 1.807) is 6.07 Å². The van der Waals surface area contributed by atoms with Crippen LogP contribution in [0.3, 0.4) is 0 Å². The van der Waals surface area contributed by atoms with Crippen molar-refractivity contribution in [1.82, 2.24) is 24.7 Å². The summed E-state index contributed by atoms with van der Waals surface area (Å²) in [6.45, 7) is 7.63. The van der Waals surface area contributed by atoms with E-state index >= 15 is 0 Å². The topological polar surface area (TPSA) is 81.3 Å². The van der Waals surface area contributed by atoms with Gasteiger partial charge in [-0.25, -0.2) is 9.20 Å². The van der Waals surface area contributed by atoms with E-state index in [1.165, 1.54) is 16.4 Å². The lowest BCUT2D eigenvalue weighted by Crippen LogP contribution is -2.44. The first-order valence-corrected chi connectivity index (χ1v) is 8.62. The number of carbonyl (C=O) groups is 1. The molecule has 0 spiro atoms. The van der Waals surface area contributed by atoms with E-state index in [4.69, 9.17) is 0 Å². The third-order valence-electron chi connectivity index (χ3n) is 3.96. The van der Waals surface area contributed by atoms with Gasteiger partial charge in [-0.05, 0) is 38.8 Å². The Balaban J connectivity index is 1.91. The minimum atomic E-state index is -0.362. The van der Waals surface area contributed by atoms with Gasteiger partial charge in [0.2, 0.25) is 5.91 Å². The van der Waals surface area contributed by atoms with Gasteiger partial charge in [-0.2, -0.15) is 10.2 Å². The van der Waals surface area contributed by atoms with Crippen molar-refractivity contribution in [3.8, 4) is 11.3 Å². The summed E-state index contributed by atoms with van der Waals surface area (Å²) >= 11 is 0. The molecule has 0 aliphatic carbocycles. The van der Waals surface area contributed by atoms with Gasteiger partial charge in [0.25, 0.3) is 5.56 Å². The Hall–Kier alpha value is -2.96. The van der Waals surface area contributed by atoms with Crippen LogP contribution in [0.4, 0.5) is 0 Å². The fraction of sp³-hybridized carbons (Fsp3) is 0.368. The fourth-order valence-corrected chi connectivity index (χ4v) is 2.70. The van der Waals surface area contributed by atoms with Crippen LogP contribution >= 0.6 is 0 Å². The van der Waals surface area contributed by atoms with Crippen molar-refractivity contribution >= 4 is 11.4 Å². The average molecular weight is 353 g/mol. The normalized spacial score (nSPS) is 11.7. The maximum atomic E-state index is 12.6. The van der Waals surface area contributed by atoms with E-state index in [0.717, 1.165) is 16.7 Å². The number of aromatic nitrogens is 4. The number of hydrogen-bond donors (Lipinski definition) is 1. The summed E-state index contributed by atoms with van der Waals surface area (Å²) in [7, 11) is 0. The highest BCUT2D eigenvalue weighted by Crippen LogP contribution is 2.19. The summed E-state index contributed by atoms with van der Waals surface area (Å²) in [5.41, 5.74) is 2.55. The molecule has 0 atom stereocenters. The molecule has 0 saturated carbocycles. The Bertz CT molecular complexity index is 993. The Morgan fingerprint density at radius 2 is 1.88 bits per heavy atom. The van der Waals surface area contributed by atoms with E-state index in [0.29, 0.717) is 11.2 Å². The third-order valence-corrected chi connectivity index (χ3v) is 3.96. The summed E-state index contributed by atoms with van der Waals surface area (Å²) < 4.78 is 2.60. The molecule has 0 aliphatic rings. The van der Waals surface area contributed by atoms with Crippen LogP contribution in [0.2, 0.25) is 0 Å². The van der Waals surface area contributed by atoms with Crippen molar-refractivity contribution < 1.29 is 4.79 Å². The predicted octanol–water partition coefficient (Wildman–Crippen LogP) is 2.04. The molecule has 3 rings (SSSR count). The van der Waals surface area contributed by atoms with Crippen LogP contribution < -0.4 is 10.9 Å². The van der Waals surface area contributed by atoms with Gasteiger partial charge in [-0.1, -0.05) is 31.2 Å². The first-order valence-electron chi connectivity index (χ1n) is 8.62. The Morgan fingerprint density at radius 3 is 2.50 bits per heavy atom. The molecule has 1 aromatic carbocycles. The van der Waals surface area contributed by atoms with Gasteiger partial charge < -0.3 is 5.32 Å². The first-order chi connectivity index (χ1) is 12.3. The number of nitrogens with one attached hydrogen (secondary N) is 1. The number of rotatable bonds is 4. The number of fused-ring (bicyclic) bond motifs is 1. The highest BCUT2D eigenvalue weighted by molar-refractivity contribution is 5.76. The quantitative estimate of drug-likeness (QED) is 0.778. The Morgan fingerprint density at radius 1 is 1.19 bits per heavy atom. The van der Waals surface area contributed by atoms with Gasteiger partial charge >= 0.3 is 0 Å². The molecule has 26 heavy (non-hydrogen) atoms. The maximum absolute atomic E-state index is 12.6. The molecular formula is C19H23N5O2. The van der Waals surface area contributed by atoms with Crippen molar-refractivity contribution in [2.24, 2.45) is 0 Å². The Kier molecular flexibility index (Phi) is 4.63. The fourth-order valence-electron chi connectivity index (χ4n) is 2.70. The molecule has 0 radical (unpaired) electrons. The molecule has 0 fully saturated rings. The van der Waals surface area contributed by atoms with Crippen molar-refractivity contribution in [3.63, 3.8) is 0 Å². The van der Waals surface area contributed by atoms with E-state index in [2.05, 4.69) is 22.4 Å². The van der Waals surface area contributed by atoms with Crippen LogP contribution in [0, 0.1) is 0 Å². The van der Waals surface area contributed by atoms with Gasteiger partial charge in [0.05, 0.1) is 5.69 Å². The molecule has 1 N–H and O–H groups in total. The minimum Gasteiger partial charge on any atom is -0.350 e. The van der Waals surface area contributed by atoms with Gasteiger partial charge in [0, 0.05) is 11.1 Å². The minimum absolute atomic E-state index is 0.127. The van der Waals surface area contributed by atoms with E-state index in [-0.39, 0.29) is 23.6 Å². The van der Waals surface area contributed by atoms with Crippen LogP contribution in [0.15, 0.2) is 41.5 Å². The van der Waals surface area contributed by atoms with E-state index in [9.17, 15) is 9.59 Å². The molecule has 2 heterocycles. The molecular weight excluding hydrogens is 330 g/mol. The van der Waals surface area contributed by atoms with Gasteiger partial charge in [0.15, 0.2) is 0 Å². The summed E-state index contributed by atoms with van der Waals surface area (Å²) in [6.07, 6.45) is 2.42. The number of aryl methyl sites for hydroxylation is 1.